The van der Waals surface area contributed by atoms with Gasteiger partial charge in [-0.15, -0.1) is 13.2 Å². The van der Waals surface area contributed by atoms with Crippen molar-refractivity contribution in [2.75, 3.05) is 11.9 Å². The highest BCUT2D eigenvalue weighted by Crippen LogP contribution is 2.29. The molecule has 0 spiro atoms. The molecule has 0 aliphatic heterocycles. The molecule has 2 N–H and O–H groups in total. The van der Waals surface area contributed by atoms with Gasteiger partial charge in [-0.1, -0.05) is 12.1 Å². The van der Waals surface area contributed by atoms with Gasteiger partial charge in [-0.3, -0.25) is 9.59 Å². The second-order valence-corrected chi connectivity index (χ2v) is 5.39. The van der Waals surface area contributed by atoms with Crippen molar-refractivity contribution in [3.05, 3.63) is 46.7 Å². The van der Waals surface area contributed by atoms with E-state index in [9.17, 15) is 22.8 Å². The molecular weight excluding hydrogens is 345 g/mol. The fraction of sp³-hybridized carbons (Fsp3) is 0.200. The molecule has 0 aliphatic carbocycles. The van der Waals surface area contributed by atoms with Crippen LogP contribution in [0.3, 0.4) is 0 Å². The number of para-hydroxylation sites is 2. The molecule has 0 unspecified atom stereocenters. The average molecular weight is 358 g/mol. The second-order valence-electron chi connectivity index (χ2n) is 4.61. The Labute approximate surface area is 139 Å². The smallest absolute Gasteiger partial charge is 0.404 e. The van der Waals surface area contributed by atoms with Gasteiger partial charge in [0.1, 0.15) is 0 Å². The van der Waals surface area contributed by atoms with E-state index in [4.69, 9.17) is 0 Å². The summed E-state index contributed by atoms with van der Waals surface area (Å²) in [6.45, 7) is 0.0583. The predicted molar refractivity (Wildman–Crippen MR) is 83.0 cm³/mol. The number of benzene rings is 1. The SMILES string of the molecule is O=C(CCNC(=O)c1ccsc1)Nc1ccccc1OC(F)(F)F. The average Bonchev–Trinajstić information content (AvgIpc) is 3.02. The number of hydrogen-bond acceptors (Lipinski definition) is 4. The van der Waals surface area contributed by atoms with Crippen molar-refractivity contribution < 1.29 is 27.5 Å². The molecule has 128 valence electrons. The first kappa shape index (κ1) is 17.8. The number of nitrogens with one attached hydrogen (secondary N) is 2. The Kier molecular flexibility index (Phi) is 5.80. The molecule has 24 heavy (non-hydrogen) atoms. The summed E-state index contributed by atoms with van der Waals surface area (Å²) in [5.41, 5.74) is 0.397. The Morgan fingerprint density at radius 3 is 2.58 bits per heavy atom. The minimum Gasteiger partial charge on any atom is -0.404 e. The Bertz CT molecular complexity index is 702. The lowest BCUT2D eigenvalue weighted by molar-refractivity contribution is -0.274. The number of ether oxygens (including phenoxy) is 1. The third kappa shape index (κ3) is 5.58. The summed E-state index contributed by atoms with van der Waals surface area (Å²) in [5.74, 6) is -1.36. The molecule has 1 aromatic carbocycles. The van der Waals surface area contributed by atoms with E-state index in [1.807, 2.05) is 0 Å². The second kappa shape index (κ2) is 7.82. The Morgan fingerprint density at radius 2 is 1.92 bits per heavy atom. The first-order chi connectivity index (χ1) is 11.3. The van der Waals surface area contributed by atoms with Crippen molar-refractivity contribution in [2.45, 2.75) is 12.8 Å². The van der Waals surface area contributed by atoms with Crippen LogP contribution in [0.4, 0.5) is 18.9 Å². The van der Waals surface area contributed by atoms with Crippen LogP contribution in [0.5, 0.6) is 5.75 Å². The number of halogens is 3. The zero-order valence-corrected chi connectivity index (χ0v) is 13.0. The molecule has 1 heterocycles. The molecule has 5 nitrogen and oxygen atoms in total. The Hall–Kier alpha value is -2.55. The zero-order chi connectivity index (χ0) is 17.6. The van der Waals surface area contributed by atoms with Gasteiger partial charge >= 0.3 is 6.36 Å². The lowest BCUT2D eigenvalue weighted by atomic mass is 10.2. The zero-order valence-electron chi connectivity index (χ0n) is 12.2. The highest BCUT2D eigenvalue weighted by molar-refractivity contribution is 7.08. The number of hydrogen-bond donors (Lipinski definition) is 2. The van der Waals surface area contributed by atoms with Crippen LogP contribution >= 0.6 is 11.3 Å². The fourth-order valence-corrected chi connectivity index (χ4v) is 2.42. The van der Waals surface area contributed by atoms with Crippen molar-refractivity contribution in [2.24, 2.45) is 0 Å². The van der Waals surface area contributed by atoms with Crippen LogP contribution in [0.25, 0.3) is 0 Å². The van der Waals surface area contributed by atoms with E-state index in [2.05, 4.69) is 15.4 Å². The van der Waals surface area contributed by atoms with Gasteiger partial charge in [-0.2, -0.15) is 11.3 Å². The molecule has 0 fully saturated rings. The number of thiophene rings is 1. The van der Waals surface area contributed by atoms with Crippen LogP contribution in [-0.4, -0.2) is 24.7 Å². The molecule has 0 radical (unpaired) electrons. The summed E-state index contributed by atoms with van der Waals surface area (Å²) in [7, 11) is 0. The lowest BCUT2D eigenvalue weighted by Crippen LogP contribution is -2.27. The van der Waals surface area contributed by atoms with Crippen LogP contribution in [0.1, 0.15) is 16.8 Å². The van der Waals surface area contributed by atoms with Gasteiger partial charge in [-0.05, 0) is 23.6 Å². The van der Waals surface area contributed by atoms with Gasteiger partial charge in [0.2, 0.25) is 5.91 Å². The molecule has 0 aliphatic rings. The summed E-state index contributed by atoms with van der Waals surface area (Å²) in [6, 6.07) is 6.87. The van der Waals surface area contributed by atoms with Gasteiger partial charge in [0.25, 0.3) is 5.91 Å². The van der Waals surface area contributed by atoms with Crippen molar-refractivity contribution in [1.82, 2.24) is 5.32 Å². The van der Waals surface area contributed by atoms with E-state index in [0.29, 0.717) is 5.56 Å². The van der Waals surface area contributed by atoms with Gasteiger partial charge in [0, 0.05) is 23.9 Å². The highest BCUT2D eigenvalue weighted by Gasteiger charge is 2.32. The monoisotopic (exact) mass is 358 g/mol. The topological polar surface area (TPSA) is 67.4 Å². The summed E-state index contributed by atoms with van der Waals surface area (Å²) in [5, 5.41) is 8.29. The number of rotatable bonds is 6. The quantitative estimate of drug-likeness (QED) is 0.832. The van der Waals surface area contributed by atoms with Crippen molar-refractivity contribution in [3.63, 3.8) is 0 Å². The summed E-state index contributed by atoms with van der Waals surface area (Å²) in [4.78, 5) is 23.5. The summed E-state index contributed by atoms with van der Waals surface area (Å²) in [6.07, 6.45) is -4.94. The van der Waals surface area contributed by atoms with Crippen LogP contribution < -0.4 is 15.4 Å². The number of carbonyl (C=O) groups excluding carboxylic acids is 2. The van der Waals surface area contributed by atoms with E-state index >= 15 is 0 Å². The number of anilines is 1. The van der Waals surface area contributed by atoms with Crippen molar-refractivity contribution in [3.8, 4) is 5.75 Å². The van der Waals surface area contributed by atoms with Crippen LogP contribution in [0.15, 0.2) is 41.1 Å². The summed E-state index contributed by atoms with van der Waals surface area (Å²) < 4.78 is 40.8. The van der Waals surface area contributed by atoms with E-state index in [1.54, 1.807) is 16.8 Å². The molecule has 0 saturated heterocycles. The largest absolute Gasteiger partial charge is 0.573 e. The van der Waals surface area contributed by atoms with Gasteiger partial charge in [0.05, 0.1) is 5.69 Å². The van der Waals surface area contributed by atoms with Gasteiger partial charge in [-0.25, -0.2) is 0 Å². The fourth-order valence-electron chi connectivity index (χ4n) is 1.78. The predicted octanol–water partition coefficient (Wildman–Crippen LogP) is 3.41. The molecular formula is C15H13F3N2O3S. The molecule has 2 rings (SSSR count). The van der Waals surface area contributed by atoms with Crippen LogP contribution in [0, 0.1) is 0 Å². The maximum Gasteiger partial charge on any atom is 0.573 e. The Morgan fingerprint density at radius 1 is 1.17 bits per heavy atom. The molecule has 0 bridgehead atoms. The van der Waals surface area contributed by atoms with Crippen LogP contribution in [-0.2, 0) is 4.79 Å². The third-order valence-electron chi connectivity index (χ3n) is 2.81. The van der Waals surface area contributed by atoms with Gasteiger partial charge < -0.3 is 15.4 Å². The standard InChI is InChI=1S/C15H13F3N2O3S/c16-15(17,18)23-12-4-2-1-3-11(12)20-13(21)5-7-19-14(22)10-6-8-24-9-10/h1-4,6,8-9H,5,7H2,(H,19,22)(H,20,21). The molecule has 1 aromatic heterocycles. The third-order valence-corrected chi connectivity index (χ3v) is 3.49. The number of amides is 2. The number of carbonyl (C=O) groups is 2. The summed E-state index contributed by atoms with van der Waals surface area (Å²) >= 11 is 1.37. The van der Waals surface area contributed by atoms with E-state index in [-0.39, 0.29) is 24.6 Å². The van der Waals surface area contributed by atoms with Crippen molar-refractivity contribution in [1.29, 1.82) is 0 Å². The first-order valence-corrected chi connectivity index (χ1v) is 7.74. The molecule has 0 atom stereocenters. The highest BCUT2D eigenvalue weighted by atomic mass is 32.1. The van der Waals surface area contributed by atoms with Crippen molar-refractivity contribution >= 4 is 28.8 Å². The lowest BCUT2D eigenvalue weighted by Gasteiger charge is -2.13. The maximum atomic E-state index is 12.3. The van der Waals surface area contributed by atoms with E-state index < -0.39 is 18.0 Å². The van der Waals surface area contributed by atoms with E-state index in [0.717, 1.165) is 6.07 Å². The molecule has 9 heteroatoms. The molecule has 0 saturated carbocycles. The van der Waals surface area contributed by atoms with Gasteiger partial charge in [0.15, 0.2) is 5.75 Å². The normalized spacial score (nSPS) is 11.0. The minimum absolute atomic E-state index is 0.0583. The van der Waals surface area contributed by atoms with E-state index in [1.165, 1.54) is 29.5 Å². The van der Waals surface area contributed by atoms with Crippen LogP contribution in [0.2, 0.25) is 0 Å². The first-order valence-electron chi connectivity index (χ1n) is 6.80. The maximum absolute atomic E-state index is 12.3. The minimum atomic E-state index is -4.85. The molecule has 2 aromatic rings. The Balaban J connectivity index is 1.85. The molecule has 2 amide bonds. The number of alkyl halides is 3.